The number of sulfonamides is 1. The number of aryl methyl sites for hydroxylation is 1. The number of thiazole rings is 1. The van der Waals surface area contributed by atoms with Crippen molar-refractivity contribution in [2.24, 2.45) is 0 Å². The van der Waals surface area contributed by atoms with Crippen molar-refractivity contribution < 1.29 is 13.2 Å². The lowest BCUT2D eigenvalue weighted by Crippen LogP contribution is -2.26. The zero-order valence-corrected chi connectivity index (χ0v) is 17.1. The second-order valence-electron chi connectivity index (χ2n) is 6.13. The van der Waals surface area contributed by atoms with E-state index in [0.717, 1.165) is 0 Å². The van der Waals surface area contributed by atoms with Gasteiger partial charge in [0.15, 0.2) is 4.96 Å². The van der Waals surface area contributed by atoms with Gasteiger partial charge in [-0.05, 0) is 37.3 Å². The number of hydrogen-bond donors (Lipinski definition) is 2. The normalized spacial score (nSPS) is 11.4. The Morgan fingerprint density at radius 1 is 1.10 bits per heavy atom. The van der Waals surface area contributed by atoms with Gasteiger partial charge in [0.1, 0.15) is 5.56 Å². The summed E-state index contributed by atoms with van der Waals surface area (Å²) in [5, 5.41) is 4.35. The van der Waals surface area contributed by atoms with Gasteiger partial charge in [0.2, 0.25) is 5.95 Å². The SMILES string of the molecule is Cc1csc2ncc(C(=O)Nc3ccc(S(=O)(=O)Nc4ncccn4)cc3)c(=O)n12. The van der Waals surface area contributed by atoms with Crippen molar-refractivity contribution in [3.63, 3.8) is 0 Å². The van der Waals surface area contributed by atoms with E-state index in [1.165, 1.54) is 58.6 Å². The largest absolute Gasteiger partial charge is 0.322 e. The molecule has 4 aromatic rings. The first-order valence-corrected chi connectivity index (χ1v) is 10.9. The minimum atomic E-state index is -3.89. The van der Waals surface area contributed by atoms with Gasteiger partial charge < -0.3 is 5.32 Å². The summed E-state index contributed by atoms with van der Waals surface area (Å²) in [5.41, 5.74) is 0.421. The fourth-order valence-corrected chi connectivity index (χ4v) is 4.41. The number of carbonyl (C=O) groups excluding carboxylic acids is 1. The lowest BCUT2D eigenvalue weighted by Gasteiger charge is -2.08. The van der Waals surface area contributed by atoms with Gasteiger partial charge in [-0.3, -0.25) is 14.0 Å². The average molecular weight is 442 g/mol. The van der Waals surface area contributed by atoms with E-state index >= 15 is 0 Å². The molecule has 2 N–H and O–H groups in total. The standard InChI is InChI=1S/C18H14N6O4S2/c1-11-10-29-18-21-9-14(16(26)24(11)18)15(25)22-12-3-5-13(6-4-12)30(27,28)23-17-19-7-2-8-20-17/h2-10H,1H3,(H,22,25)(H,19,20,23). The third kappa shape index (κ3) is 3.77. The first-order valence-electron chi connectivity index (χ1n) is 8.52. The average Bonchev–Trinajstić information content (AvgIpc) is 3.11. The molecule has 0 bridgehead atoms. The summed E-state index contributed by atoms with van der Waals surface area (Å²) in [7, 11) is -3.89. The second kappa shape index (κ2) is 7.65. The fourth-order valence-electron chi connectivity index (χ4n) is 2.63. The molecule has 12 heteroatoms. The van der Waals surface area contributed by atoms with E-state index in [0.29, 0.717) is 16.3 Å². The van der Waals surface area contributed by atoms with Crippen LogP contribution in [-0.2, 0) is 10.0 Å². The van der Waals surface area contributed by atoms with Crippen LogP contribution in [-0.4, -0.2) is 33.7 Å². The van der Waals surface area contributed by atoms with Gasteiger partial charge in [-0.2, -0.15) is 0 Å². The molecule has 0 unspecified atom stereocenters. The Bertz CT molecular complexity index is 1400. The predicted molar refractivity (Wildman–Crippen MR) is 111 cm³/mol. The maximum Gasteiger partial charge on any atom is 0.271 e. The highest BCUT2D eigenvalue weighted by Gasteiger charge is 2.18. The first-order chi connectivity index (χ1) is 14.3. The summed E-state index contributed by atoms with van der Waals surface area (Å²) >= 11 is 1.31. The molecule has 3 heterocycles. The van der Waals surface area contributed by atoms with Crippen molar-refractivity contribution in [2.75, 3.05) is 10.0 Å². The maximum absolute atomic E-state index is 12.6. The number of nitrogens with one attached hydrogen (secondary N) is 2. The quantitative estimate of drug-likeness (QED) is 0.482. The molecule has 0 radical (unpaired) electrons. The van der Waals surface area contributed by atoms with Crippen LogP contribution >= 0.6 is 11.3 Å². The number of aromatic nitrogens is 4. The molecule has 0 atom stereocenters. The molecule has 0 aliphatic carbocycles. The van der Waals surface area contributed by atoms with Gasteiger partial charge >= 0.3 is 0 Å². The molecule has 0 aliphatic heterocycles. The smallest absolute Gasteiger partial charge is 0.271 e. The predicted octanol–water partition coefficient (Wildman–Crippen LogP) is 1.91. The third-order valence-electron chi connectivity index (χ3n) is 4.08. The highest BCUT2D eigenvalue weighted by molar-refractivity contribution is 7.92. The number of carbonyl (C=O) groups is 1. The van der Waals surface area contributed by atoms with Crippen molar-refractivity contribution in [1.29, 1.82) is 0 Å². The van der Waals surface area contributed by atoms with Crippen LogP contribution in [0, 0.1) is 6.92 Å². The molecule has 0 aliphatic rings. The van der Waals surface area contributed by atoms with E-state index < -0.39 is 21.5 Å². The number of rotatable bonds is 5. The van der Waals surface area contributed by atoms with Gasteiger partial charge in [-0.15, -0.1) is 11.3 Å². The summed E-state index contributed by atoms with van der Waals surface area (Å²) in [5.74, 6) is -0.694. The van der Waals surface area contributed by atoms with Gasteiger partial charge in [0, 0.05) is 35.4 Å². The van der Waals surface area contributed by atoms with E-state index in [1.54, 1.807) is 18.4 Å². The zero-order chi connectivity index (χ0) is 21.3. The van der Waals surface area contributed by atoms with Crippen LogP contribution in [0.15, 0.2) is 64.0 Å². The van der Waals surface area contributed by atoms with Crippen LogP contribution < -0.4 is 15.6 Å². The number of fused-ring (bicyclic) bond motifs is 1. The Kier molecular flexibility index (Phi) is 5.01. The van der Waals surface area contributed by atoms with Gasteiger partial charge in [-0.25, -0.2) is 28.1 Å². The molecule has 1 aromatic carbocycles. The Balaban J connectivity index is 1.54. The van der Waals surface area contributed by atoms with E-state index in [9.17, 15) is 18.0 Å². The Morgan fingerprint density at radius 2 is 1.80 bits per heavy atom. The van der Waals surface area contributed by atoms with Gasteiger partial charge in [0.25, 0.3) is 21.5 Å². The van der Waals surface area contributed by atoms with Crippen molar-refractivity contribution in [1.82, 2.24) is 19.4 Å². The Hall–Kier alpha value is -3.64. The van der Waals surface area contributed by atoms with Crippen molar-refractivity contribution >= 4 is 43.9 Å². The molecule has 0 saturated heterocycles. The number of amides is 1. The van der Waals surface area contributed by atoms with E-state index in [-0.39, 0.29) is 16.4 Å². The monoisotopic (exact) mass is 442 g/mol. The summed E-state index contributed by atoms with van der Waals surface area (Å²) in [4.78, 5) is 37.3. The number of anilines is 2. The van der Waals surface area contributed by atoms with Crippen LogP contribution in [0.2, 0.25) is 0 Å². The highest BCUT2D eigenvalue weighted by atomic mass is 32.2. The molecule has 3 aromatic heterocycles. The molecule has 10 nitrogen and oxygen atoms in total. The summed E-state index contributed by atoms with van der Waals surface area (Å²) in [6.07, 6.45) is 4.05. The van der Waals surface area contributed by atoms with Crippen LogP contribution in [0.25, 0.3) is 4.96 Å². The summed E-state index contributed by atoms with van der Waals surface area (Å²) < 4.78 is 28.4. The molecule has 0 saturated carbocycles. The minimum absolute atomic E-state index is 0.0370. The van der Waals surface area contributed by atoms with E-state index in [4.69, 9.17) is 0 Å². The van der Waals surface area contributed by atoms with Crippen molar-refractivity contribution in [3.8, 4) is 0 Å². The molecule has 0 spiro atoms. The van der Waals surface area contributed by atoms with Crippen molar-refractivity contribution in [2.45, 2.75) is 11.8 Å². The van der Waals surface area contributed by atoms with E-state index in [2.05, 4.69) is 25.0 Å². The molecule has 0 fully saturated rings. The maximum atomic E-state index is 12.6. The minimum Gasteiger partial charge on any atom is -0.322 e. The first kappa shape index (κ1) is 19.7. The second-order valence-corrected chi connectivity index (χ2v) is 8.65. The van der Waals surface area contributed by atoms with Crippen molar-refractivity contribution in [3.05, 3.63) is 75.9 Å². The third-order valence-corrected chi connectivity index (χ3v) is 6.38. The molecular formula is C18H14N6O4S2. The van der Waals surface area contributed by atoms with Crippen LogP contribution in [0.3, 0.4) is 0 Å². The Labute approximate surface area is 174 Å². The summed E-state index contributed by atoms with van der Waals surface area (Å²) in [6.45, 7) is 1.75. The van der Waals surface area contributed by atoms with Gasteiger partial charge in [-0.1, -0.05) is 0 Å². The lowest BCUT2D eigenvalue weighted by molar-refractivity contribution is 0.102. The number of benzene rings is 1. The topological polar surface area (TPSA) is 135 Å². The molecule has 1 amide bonds. The van der Waals surface area contributed by atoms with Crippen LogP contribution in [0.4, 0.5) is 11.6 Å². The molecule has 4 rings (SSSR count). The Morgan fingerprint density at radius 3 is 2.50 bits per heavy atom. The fraction of sp³-hybridized carbons (Fsp3) is 0.0556. The number of nitrogens with zero attached hydrogens (tertiary/aromatic N) is 4. The zero-order valence-electron chi connectivity index (χ0n) is 15.4. The summed E-state index contributed by atoms with van der Waals surface area (Å²) in [6, 6.07) is 7.03. The number of hydrogen-bond acceptors (Lipinski definition) is 8. The lowest BCUT2D eigenvalue weighted by atomic mass is 10.2. The van der Waals surface area contributed by atoms with Gasteiger partial charge in [0.05, 0.1) is 4.90 Å². The van der Waals surface area contributed by atoms with E-state index in [1.807, 2.05) is 0 Å². The highest BCUT2D eigenvalue weighted by Crippen LogP contribution is 2.17. The molecular weight excluding hydrogens is 428 g/mol. The molecule has 30 heavy (non-hydrogen) atoms. The molecule has 152 valence electrons. The van der Waals surface area contributed by atoms with Crippen LogP contribution in [0.5, 0.6) is 0 Å². The van der Waals surface area contributed by atoms with Crippen LogP contribution in [0.1, 0.15) is 16.1 Å².